The lowest BCUT2D eigenvalue weighted by atomic mass is 9.82. The summed E-state index contributed by atoms with van der Waals surface area (Å²) in [6, 6.07) is 0. The fourth-order valence-electron chi connectivity index (χ4n) is 3.17. The summed E-state index contributed by atoms with van der Waals surface area (Å²) in [5.41, 5.74) is -0.460. The van der Waals surface area contributed by atoms with Crippen LogP contribution >= 0.6 is 0 Å². The smallest absolute Gasteiger partial charge is 0.211 e. The molecule has 2 heterocycles. The van der Waals surface area contributed by atoms with Crippen molar-refractivity contribution < 1.29 is 16.8 Å². The highest BCUT2D eigenvalue weighted by atomic mass is 32.2. The van der Waals surface area contributed by atoms with Crippen molar-refractivity contribution in [2.75, 3.05) is 31.1 Å². The van der Waals surface area contributed by atoms with E-state index in [1.54, 1.807) is 0 Å². The lowest BCUT2D eigenvalue weighted by Crippen LogP contribution is -2.51. The molecule has 8 heteroatoms. The van der Waals surface area contributed by atoms with Gasteiger partial charge in [0.2, 0.25) is 10.0 Å². The van der Waals surface area contributed by atoms with Gasteiger partial charge in [-0.3, -0.25) is 0 Å². The Kier molecular flexibility index (Phi) is 4.25. The van der Waals surface area contributed by atoms with Gasteiger partial charge in [-0.2, -0.15) is 0 Å². The van der Waals surface area contributed by atoms with Crippen LogP contribution in [0.4, 0.5) is 0 Å². The third kappa shape index (κ3) is 3.12. The molecule has 0 amide bonds. The van der Waals surface area contributed by atoms with E-state index in [2.05, 4.69) is 10.0 Å². The highest BCUT2D eigenvalue weighted by Gasteiger charge is 2.51. The summed E-state index contributed by atoms with van der Waals surface area (Å²) in [7, 11) is -6.38. The topological polar surface area (TPSA) is 92.3 Å². The predicted octanol–water partition coefficient (Wildman–Crippen LogP) is -0.517. The van der Waals surface area contributed by atoms with Crippen LogP contribution < -0.4 is 10.0 Å². The van der Waals surface area contributed by atoms with Crippen molar-refractivity contribution in [3.8, 4) is 0 Å². The van der Waals surface area contributed by atoms with Gasteiger partial charge in [-0.15, -0.1) is 0 Å². The molecule has 0 aromatic rings. The molecule has 0 radical (unpaired) electrons. The zero-order valence-electron chi connectivity index (χ0n) is 11.2. The highest BCUT2D eigenvalue weighted by Crippen LogP contribution is 2.39. The normalized spacial score (nSPS) is 34.1. The molecule has 2 aliphatic heterocycles. The Morgan fingerprint density at radius 1 is 1.42 bits per heavy atom. The van der Waals surface area contributed by atoms with Crippen molar-refractivity contribution in [1.82, 2.24) is 10.0 Å². The van der Waals surface area contributed by atoms with Crippen molar-refractivity contribution in [2.24, 2.45) is 5.41 Å². The molecular formula is C11H22N2O4S2. The third-order valence-electron chi connectivity index (χ3n) is 4.14. The quantitative estimate of drug-likeness (QED) is 0.713. The maximum Gasteiger partial charge on any atom is 0.211 e. The standard InChI is InChI=1S/C11H22N2O4S2/c1-2-5-19(16,17)13-9-11-4-3-6-18(14,15)10(11)7-12-8-11/h10,12-13H,2-9H2,1H3. The monoisotopic (exact) mass is 310 g/mol. The number of nitrogens with one attached hydrogen (secondary N) is 2. The Hall–Kier alpha value is -0.180. The van der Waals surface area contributed by atoms with E-state index in [1.807, 2.05) is 6.92 Å². The second-order valence-corrected chi connectivity index (χ2v) is 9.82. The SMILES string of the molecule is CCCS(=O)(=O)NCC12CCCS(=O)(=O)C1CNC2. The fourth-order valence-corrected chi connectivity index (χ4v) is 6.61. The summed E-state index contributed by atoms with van der Waals surface area (Å²) >= 11 is 0. The van der Waals surface area contributed by atoms with E-state index in [0.29, 0.717) is 25.9 Å². The lowest BCUT2D eigenvalue weighted by molar-refractivity contribution is 0.282. The number of hydrogen-bond donors (Lipinski definition) is 2. The molecule has 0 aromatic heterocycles. The van der Waals surface area contributed by atoms with E-state index >= 15 is 0 Å². The van der Waals surface area contributed by atoms with Crippen LogP contribution in [0.3, 0.4) is 0 Å². The van der Waals surface area contributed by atoms with Gasteiger partial charge in [0.25, 0.3) is 0 Å². The molecule has 0 aromatic carbocycles. The minimum Gasteiger partial charge on any atom is -0.315 e. The number of fused-ring (bicyclic) bond motifs is 1. The van der Waals surface area contributed by atoms with Gasteiger partial charge in [0.15, 0.2) is 9.84 Å². The maximum atomic E-state index is 12.1. The molecule has 2 atom stereocenters. The van der Waals surface area contributed by atoms with Crippen LogP contribution in [0.5, 0.6) is 0 Å². The van der Waals surface area contributed by atoms with Crippen LogP contribution in [-0.4, -0.2) is 53.2 Å². The summed E-state index contributed by atoms with van der Waals surface area (Å²) in [4.78, 5) is 0. The minimum atomic E-state index is -3.28. The van der Waals surface area contributed by atoms with Gasteiger partial charge in [0.1, 0.15) is 0 Å². The molecule has 2 unspecified atom stereocenters. The molecule has 2 saturated heterocycles. The highest BCUT2D eigenvalue weighted by molar-refractivity contribution is 7.92. The molecular weight excluding hydrogens is 288 g/mol. The van der Waals surface area contributed by atoms with E-state index in [4.69, 9.17) is 0 Å². The van der Waals surface area contributed by atoms with Crippen LogP contribution in [0.1, 0.15) is 26.2 Å². The summed E-state index contributed by atoms with van der Waals surface area (Å²) in [6.45, 7) is 3.05. The van der Waals surface area contributed by atoms with Gasteiger partial charge in [0, 0.05) is 25.0 Å². The molecule has 0 saturated carbocycles. The number of hydrogen-bond acceptors (Lipinski definition) is 5. The summed E-state index contributed by atoms with van der Waals surface area (Å²) in [5.74, 6) is 0.316. The van der Waals surface area contributed by atoms with Crippen LogP contribution in [0.2, 0.25) is 0 Å². The lowest BCUT2D eigenvalue weighted by Gasteiger charge is -2.38. The molecule has 6 nitrogen and oxygen atoms in total. The van der Waals surface area contributed by atoms with Gasteiger partial charge in [0.05, 0.1) is 16.8 Å². The van der Waals surface area contributed by atoms with Crippen molar-refractivity contribution in [3.63, 3.8) is 0 Å². The molecule has 2 rings (SSSR count). The second kappa shape index (κ2) is 5.31. The molecule has 0 bridgehead atoms. The number of sulfonamides is 1. The van der Waals surface area contributed by atoms with Gasteiger partial charge < -0.3 is 5.32 Å². The summed E-state index contributed by atoms with van der Waals surface area (Å²) in [5, 5.41) is 2.67. The Labute approximate surface area is 115 Å². The molecule has 112 valence electrons. The Balaban J connectivity index is 2.13. The first-order chi connectivity index (χ1) is 8.81. The first-order valence-electron chi connectivity index (χ1n) is 6.71. The van der Waals surface area contributed by atoms with Gasteiger partial charge in [-0.25, -0.2) is 21.6 Å². The molecule has 2 N–H and O–H groups in total. The molecule has 19 heavy (non-hydrogen) atoms. The molecule has 2 aliphatic rings. The zero-order valence-corrected chi connectivity index (χ0v) is 12.8. The van der Waals surface area contributed by atoms with Crippen LogP contribution in [0.15, 0.2) is 0 Å². The van der Waals surface area contributed by atoms with E-state index in [1.165, 1.54) is 0 Å². The van der Waals surface area contributed by atoms with Crippen LogP contribution in [-0.2, 0) is 19.9 Å². The van der Waals surface area contributed by atoms with Crippen molar-refractivity contribution in [3.05, 3.63) is 0 Å². The van der Waals surface area contributed by atoms with Crippen LogP contribution in [0, 0.1) is 5.41 Å². The number of rotatable bonds is 5. The van der Waals surface area contributed by atoms with Crippen LogP contribution in [0.25, 0.3) is 0 Å². The summed E-state index contributed by atoms with van der Waals surface area (Å²) < 4.78 is 50.3. The predicted molar refractivity (Wildman–Crippen MR) is 74.2 cm³/mol. The third-order valence-corrected chi connectivity index (χ3v) is 8.07. The largest absolute Gasteiger partial charge is 0.315 e. The molecule has 0 aliphatic carbocycles. The minimum absolute atomic E-state index is 0.0912. The van der Waals surface area contributed by atoms with E-state index in [9.17, 15) is 16.8 Å². The summed E-state index contributed by atoms with van der Waals surface area (Å²) in [6.07, 6.45) is 1.94. The van der Waals surface area contributed by atoms with E-state index in [0.717, 1.165) is 6.42 Å². The molecule has 0 spiro atoms. The number of sulfone groups is 1. The Bertz CT molecular complexity index is 529. The fraction of sp³-hybridized carbons (Fsp3) is 1.00. The van der Waals surface area contributed by atoms with Gasteiger partial charge in [-0.05, 0) is 19.3 Å². The Morgan fingerprint density at radius 3 is 2.84 bits per heavy atom. The van der Waals surface area contributed by atoms with Crippen molar-refractivity contribution in [2.45, 2.75) is 31.4 Å². The zero-order chi connectivity index (χ0) is 14.1. The first kappa shape index (κ1) is 15.2. The van der Waals surface area contributed by atoms with Gasteiger partial charge >= 0.3 is 0 Å². The average molecular weight is 310 g/mol. The second-order valence-electron chi connectivity index (χ2n) is 5.59. The Morgan fingerprint density at radius 2 is 2.16 bits per heavy atom. The van der Waals surface area contributed by atoms with Gasteiger partial charge in [-0.1, -0.05) is 6.92 Å². The molecule has 2 fully saturated rings. The average Bonchev–Trinajstić information content (AvgIpc) is 2.72. The first-order valence-corrected chi connectivity index (χ1v) is 10.1. The van der Waals surface area contributed by atoms with E-state index in [-0.39, 0.29) is 18.1 Å². The van der Waals surface area contributed by atoms with E-state index < -0.39 is 30.5 Å². The van der Waals surface area contributed by atoms with Crippen molar-refractivity contribution in [1.29, 1.82) is 0 Å². The maximum absolute atomic E-state index is 12.1. The van der Waals surface area contributed by atoms with Crippen molar-refractivity contribution >= 4 is 19.9 Å².